The van der Waals surface area contributed by atoms with Gasteiger partial charge in [0.05, 0.1) is 38.9 Å². The standard InChI is InChI=1S/C25H28N2O7S/c1-14(29)27-17-5-6-19-16(11-26-20(19)10-17)9-23(35-13-18(30)12-28)24(31)15-7-21(32-2)25(34-4)22(8-15)33-3/h5-11,18,26,28,30H,12-13H2,1-4H3,(H,27,29)/b23-9-. The Labute approximate surface area is 207 Å². The third-order valence-electron chi connectivity index (χ3n) is 5.11. The summed E-state index contributed by atoms with van der Waals surface area (Å²) in [5.74, 6) is 0.678. The molecule has 9 nitrogen and oxygen atoms in total. The molecule has 1 atom stereocenters. The van der Waals surface area contributed by atoms with Gasteiger partial charge in [0.15, 0.2) is 17.3 Å². The number of thioether (sulfide) groups is 1. The lowest BCUT2D eigenvalue weighted by Gasteiger charge is -2.15. The Kier molecular flexibility index (Phi) is 8.80. The van der Waals surface area contributed by atoms with Gasteiger partial charge < -0.3 is 34.7 Å². The summed E-state index contributed by atoms with van der Waals surface area (Å²) < 4.78 is 16.1. The molecule has 1 amide bonds. The van der Waals surface area contributed by atoms with Crippen LogP contribution in [0, 0.1) is 0 Å². The number of amides is 1. The molecule has 1 unspecified atom stereocenters. The molecule has 1 aromatic heterocycles. The second-order valence-corrected chi connectivity index (χ2v) is 8.65. The number of hydrogen-bond donors (Lipinski definition) is 4. The van der Waals surface area contributed by atoms with Gasteiger partial charge in [-0.05, 0) is 30.3 Å². The number of fused-ring (bicyclic) bond motifs is 1. The molecule has 0 radical (unpaired) electrons. The van der Waals surface area contributed by atoms with Gasteiger partial charge in [-0.15, -0.1) is 11.8 Å². The third-order valence-corrected chi connectivity index (χ3v) is 6.28. The van der Waals surface area contributed by atoms with Crippen LogP contribution in [0.15, 0.2) is 41.4 Å². The average molecular weight is 501 g/mol. The zero-order valence-electron chi connectivity index (χ0n) is 19.9. The number of rotatable bonds is 11. The van der Waals surface area contributed by atoms with Gasteiger partial charge >= 0.3 is 0 Å². The Balaban J connectivity index is 2.05. The highest BCUT2D eigenvalue weighted by Gasteiger charge is 2.21. The van der Waals surface area contributed by atoms with Crippen molar-refractivity contribution in [3.63, 3.8) is 0 Å². The van der Waals surface area contributed by atoms with E-state index in [1.165, 1.54) is 28.3 Å². The highest BCUT2D eigenvalue weighted by atomic mass is 32.2. The maximum Gasteiger partial charge on any atom is 0.221 e. The van der Waals surface area contributed by atoms with Gasteiger partial charge in [0.25, 0.3) is 0 Å². The monoisotopic (exact) mass is 500 g/mol. The van der Waals surface area contributed by atoms with Gasteiger partial charge in [0.1, 0.15) is 0 Å². The van der Waals surface area contributed by atoms with Gasteiger partial charge in [0.2, 0.25) is 11.7 Å². The summed E-state index contributed by atoms with van der Waals surface area (Å²) in [7, 11) is 4.42. The van der Waals surface area contributed by atoms with Crippen molar-refractivity contribution in [2.45, 2.75) is 13.0 Å². The Morgan fingerprint density at radius 1 is 1.11 bits per heavy atom. The molecule has 0 aliphatic rings. The fraction of sp³-hybridized carbons (Fsp3) is 0.280. The Bertz CT molecular complexity index is 1230. The van der Waals surface area contributed by atoms with E-state index in [9.17, 15) is 19.8 Å². The number of carbonyl (C=O) groups excluding carboxylic acids is 2. The minimum atomic E-state index is -0.987. The average Bonchev–Trinajstić information content (AvgIpc) is 3.26. The molecule has 0 aliphatic carbocycles. The summed E-state index contributed by atoms with van der Waals surface area (Å²) in [6, 6.07) is 8.55. The summed E-state index contributed by atoms with van der Waals surface area (Å²) in [5.41, 5.74) is 2.49. The van der Waals surface area contributed by atoms with E-state index in [4.69, 9.17) is 14.2 Å². The number of allylic oxidation sites excluding steroid dienone is 1. The number of aliphatic hydroxyl groups excluding tert-OH is 2. The van der Waals surface area contributed by atoms with E-state index >= 15 is 0 Å². The SMILES string of the molecule is COc1cc(C(=O)/C(=C/c2c[nH]c3cc(NC(C)=O)ccc23)SCC(O)CO)cc(OC)c1OC. The molecule has 0 aliphatic heterocycles. The van der Waals surface area contributed by atoms with Crippen molar-refractivity contribution in [2.75, 3.05) is 39.0 Å². The van der Waals surface area contributed by atoms with Crippen molar-refractivity contribution in [1.29, 1.82) is 0 Å². The van der Waals surface area contributed by atoms with Crippen LogP contribution in [0.3, 0.4) is 0 Å². The molecule has 3 rings (SSSR count). The summed E-state index contributed by atoms with van der Waals surface area (Å²) in [5, 5.41) is 22.7. The lowest BCUT2D eigenvalue weighted by atomic mass is 10.1. The topological polar surface area (TPSA) is 130 Å². The quantitative estimate of drug-likeness (QED) is 0.233. The molecule has 10 heteroatoms. The van der Waals surface area contributed by atoms with Crippen LogP contribution in [0.25, 0.3) is 17.0 Å². The smallest absolute Gasteiger partial charge is 0.221 e. The second kappa shape index (κ2) is 11.8. The number of hydrogen-bond acceptors (Lipinski definition) is 8. The molecule has 0 saturated carbocycles. The van der Waals surface area contributed by atoms with Gasteiger partial charge in [-0.3, -0.25) is 9.59 Å². The highest BCUT2D eigenvalue weighted by Crippen LogP contribution is 2.39. The van der Waals surface area contributed by atoms with Crippen molar-refractivity contribution in [2.24, 2.45) is 0 Å². The number of Topliss-reactive ketones (excluding diaryl/α,β-unsaturated/α-hetero) is 1. The molecule has 0 fully saturated rings. The van der Waals surface area contributed by atoms with Crippen LogP contribution >= 0.6 is 11.8 Å². The van der Waals surface area contributed by atoms with E-state index in [-0.39, 0.29) is 17.4 Å². The van der Waals surface area contributed by atoms with E-state index in [1.54, 1.807) is 36.5 Å². The van der Waals surface area contributed by atoms with Crippen molar-refractivity contribution in [3.05, 3.63) is 52.6 Å². The van der Waals surface area contributed by atoms with Crippen LogP contribution in [-0.4, -0.2) is 66.7 Å². The summed E-state index contributed by atoms with van der Waals surface area (Å²) in [6.07, 6.45) is 2.49. The Morgan fingerprint density at radius 3 is 2.37 bits per heavy atom. The number of methoxy groups -OCH3 is 3. The molecule has 35 heavy (non-hydrogen) atoms. The highest BCUT2D eigenvalue weighted by molar-refractivity contribution is 8.04. The number of ketones is 1. The minimum Gasteiger partial charge on any atom is -0.493 e. The van der Waals surface area contributed by atoms with Crippen LogP contribution in [0.2, 0.25) is 0 Å². The Morgan fingerprint density at radius 2 is 1.80 bits per heavy atom. The minimum absolute atomic E-state index is 0.119. The number of anilines is 1. The maximum atomic E-state index is 13.6. The Hall–Kier alpha value is -3.47. The van der Waals surface area contributed by atoms with Crippen LogP contribution in [0.1, 0.15) is 22.8 Å². The predicted molar refractivity (Wildman–Crippen MR) is 137 cm³/mol. The number of nitrogens with one attached hydrogen (secondary N) is 2. The van der Waals surface area contributed by atoms with Gasteiger partial charge in [-0.25, -0.2) is 0 Å². The fourth-order valence-electron chi connectivity index (χ4n) is 3.46. The maximum absolute atomic E-state index is 13.6. The number of aromatic nitrogens is 1. The molecule has 0 saturated heterocycles. The lowest BCUT2D eigenvalue weighted by Crippen LogP contribution is -2.16. The molecular formula is C25H28N2O7S. The van der Waals surface area contributed by atoms with Crippen LogP contribution in [0.4, 0.5) is 5.69 Å². The first kappa shape index (κ1) is 26.1. The fourth-order valence-corrected chi connectivity index (χ4v) is 4.39. The predicted octanol–water partition coefficient (Wildman–Crippen LogP) is 3.46. The van der Waals surface area contributed by atoms with E-state index in [1.807, 2.05) is 6.07 Å². The number of aliphatic hydroxyl groups is 2. The third kappa shape index (κ3) is 6.16. The molecular weight excluding hydrogens is 472 g/mol. The van der Waals surface area contributed by atoms with Gasteiger partial charge in [0, 0.05) is 46.6 Å². The molecule has 3 aromatic rings. The number of aromatic amines is 1. The molecule has 1 heterocycles. The first-order valence-electron chi connectivity index (χ1n) is 10.7. The zero-order valence-corrected chi connectivity index (χ0v) is 20.7. The van der Waals surface area contributed by atoms with E-state index < -0.39 is 12.7 Å². The van der Waals surface area contributed by atoms with Crippen molar-refractivity contribution in [1.82, 2.24) is 4.98 Å². The lowest BCUT2D eigenvalue weighted by molar-refractivity contribution is -0.114. The van der Waals surface area contributed by atoms with Crippen molar-refractivity contribution in [3.8, 4) is 17.2 Å². The molecule has 2 aromatic carbocycles. The largest absolute Gasteiger partial charge is 0.493 e. The number of H-pyrrole nitrogens is 1. The number of benzene rings is 2. The van der Waals surface area contributed by atoms with Crippen molar-refractivity contribution >= 4 is 46.1 Å². The van der Waals surface area contributed by atoms with Gasteiger partial charge in [-0.1, -0.05) is 6.07 Å². The van der Waals surface area contributed by atoms with Crippen molar-refractivity contribution < 1.29 is 34.0 Å². The molecule has 0 bridgehead atoms. The van der Waals surface area contributed by atoms with Crippen LogP contribution < -0.4 is 19.5 Å². The van der Waals surface area contributed by atoms with Crippen LogP contribution in [-0.2, 0) is 4.79 Å². The van der Waals surface area contributed by atoms with Gasteiger partial charge in [-0.2, -0.15) is 0 Å². The van der Waals surface area contributed by atoms with E-state index in [0.717, 1.165) is 28.2 Å². The first-order chi connectivity index (χ1) is 16.8. The number of carbonyl (C=O) groups is 2. The summed E-state index contributed by atoms with van der Waals surface area (Å²) >= 11 is 1.13. The summed E-state index contributed by atoms with van der Waals surface area (Å²) in [4.78, 5) is 28.4. The van der Waals surface area contributed by atoms with E-state index in [0.29, 0.717) is 33.4 Å². The number of ether oxygens (including phenoxy) is 3. The normalized spacial score (nSPS) is 12.3. The molecule has 0 spiro atoms. The van der Waals surface area contributed by atoms with Crippen LogP contribution in [0.5, 0.6) is 17.2 Å². The first-order valence-corrected chi connectivity index (χ1v) is 11.7. The molecule has 186 valence electrons. The second-order valence-electron chi connectivity index (χ2n) is 7.58. The summed E-state index contributed by atoms with van der Waals surface area (Å²) in [6.45, 7) is 1.02. The zero-order chi connectivity index (χ0) is 25.5. The molecule has 4 N–H and O–H groups in total. The van der Waals surface area contributed by atoms with E-state index in [2.05, 4.69) is 10.3 Å².